The molecular weight excluding hydrogens is 156 g/mol. The summed E-state index contributed by atoms with van der Waals surface area (Å²) < 4.78 is 9.77. The molecule has 0 rings (SSSR count). The molecule has 0 saturated heterocycles. The van der Waals surface area contributed by atoms with Crippen molar-refractivity contribution in [2.24, 2.45) is 11.2 Å². The van der Waals surface area contributed by atoms with Gasteiger partial charge in [-0.1, -0.05) is 5.50 Å². The second kappa shape index (κ2) is 6.09. The molecule has 0 radical (unpaired) electrons. The monoisotopic (exact) mass is 162 g/mol. The largest absolute Gasteiger partial charge is 1.00 e. The molecule has 0 aromatic rings. The molecular formula is CH6KN3O2P+. The molecule has 1 unspecified atom stereocenters. The molecule has 0 aliphatic rings. The summed E-state index contributed by atoms with van der Waals surface area (Å²) in [5.41, 5.74) is 9.07. The minimum absolute atomic E-state index is 0. The van der Waals surface area contributed by atoms with Gasteiger partial charge >= 0.3 is 65.5 Å². The van der Waals surface area contributed by atoms with E-state index < -0.39 is 14.1 Å². The van der Waals surface area contributed by atoms with E-state index in [2.05, 4.69) is 11.2 Å². The Morgan fingerprint density at radius 3 is 2.12 bits per heavy atom. The van der Waals surface area contributed by atoms with Crippen LogP contribution >= 0.6 is 8.10 Å². The zero-order valence-electron chi connectivity index (χ0n) is 5.42. The number of urea groups is 1. The second-order valence-electron chi connectivity index (χ2n) is 0.802. The van der Waals surface area contributed by atoms with E-state index in [9.17, 15) is 9.36 Å². The van der Waals surface area contributed by atoms with Crippen molar-refractivity contribution in [3.05, 3.63) is 0 Å². The van der Waals surface area contributed by atoms with Gasteiger partial charge in [-0.3, -0.25) is 0 Å². The molecule has 0 bridgehead atoms. The third-order valence-corrected chi connectivity index (χ3v) is 0.661. The van der Waals surface area contributed by atoms with Gasteiger partial charge in [0.05, 0.1) is 0 Å². The van der Waals surface area contributed by atoms with Gasteiger partial charge in [0.25, 0.3) is 0 Å². The zero-order valence-corrected chi connectivity index (χ0v) is 8.44. The first-order valence-corrected chi connectivity index (χ1v) is 2.74. The summed E-state index contributed by atoms with van der Waals surface area (Å²) in [6.45, 7) is 0. The van der Waals surface area contributed by atoms with Crippen molar-refractivity contribution in [1.82, 2.24) is 5.09 Å². The van der Waals surface area contributed by atoms with Crippen molar-refractivity contribution in [1.29, 1.82) is 0 Å². The SMILES string of the molecule is NC(=O)N[P+](N)=O.[H-].[K+]. The van der Waals surface area contributed by atoms with E-state index in [0.29, 0.717) is 0 Å². The summed E-state index contributed by atoms with van der Waals surface area (Å²) in [5.74, 6) is 0. The number of rotatable bonds is 1. The zero-order chi connectivity index (χ0) is 5.86. The Hall–Kier alpha value is 0.966. The third kappa shape index (κ3) is 10.1. The van der Waals surface area contributed by atoms with E-state index in [1.807, 2.05) is 0 Å². The Morgan fingerprint density at radius 2 is 2.12 bits per heavy atom. The predicted octanol–water partition coefficient (Wildman–Crippen LogP) is -3.61. The molecule has 0 fully saturated rings. The van der Waals surface area contributed by atoms with E-state index in [4.69, 9.17) is 0 Å². The van der Waals surface area contributed by atoms with Crippen LogP contribution in [0.1, 0.15) is 1.43 Å². The number of primary amides is 1. The molecule has 0 aromatic heterocycles. The number of carbonyl (C=O) groups is 1. The number of hydrogen-bond acceptors (Lipinski definition) is 2. The van der Waals surface area contributed by atoms with Crippen LogP contribution in [0.3, 0.4) is 0 Å². The minimum Gasteiger partial charge on any atom is -1.00 e. The molecule has 0 aromatic carbocycles. The molecule has 0 heterocycles. The van der Waals surface area contributed by atoms with Gasteiger partial charge in [-0.2, -0.15) is 0 Å². The predicted molar refractivity (Wildman–Crippen MR) is 25.6 cm³/mol. The number of carbonyl (C=O) groups excluding carboxylic acids is 1. The van der Waals surface area contributed by atoms with Crippen LogP contribution in [0.4, 0.5) is 4.79 Å². The average molecular weight is 162 g/mol. The Bertz CT molecular complexity index is 98.0. The summed E-state index contributed by atoms with van der Waals surface area (Å²) in [7, 11) is -2.11. The van der Waals surface area contributed by atoms with Gasteiger partial charge in [0.15, 0.2) is 0 Å². The fourth-order valence-electron chi connectivity index (χ4n) is 0.109. The van der Waals surface area contributed by atoms with Crippen LogP contribution in [0.5, 0.6) is 0 Å². The molecule has 2 amide bonds. The van der Waals surface area contributed by atoms with Crippen molar-refractivity contribution in [2.75, 3.05) is 0 Å². The maximum absolute atomic E-state index is 9.77. The molecule has 7 heteroatoms. The Morgan fingerprint density at radius 1 is 1.75 bits per heavy atom. The maximum atomic E-state index is 9.77. The molecule has 5 nitrogen and oxygen atoms in total. The van der Waals surface area contributed by atoms with Crippen LogP contribution in [-0.2, 0) is 4.57 Å². The van der Waals surface area contributed by atoms with Crippen molar-refractivity contribution in [3.63, 3.8) is 0 Å². The van der Waals surface area contributed by atoms with Crippen molar-refractivity contribution < 1.29 is 62.2 Å². The summed E-state index contributed by atoms with van der Waals surface area (Å²) in [4.78, 5) is 9.66. The molecule has 5 N–H and O–H groups in total. The van der Waals surface area contributed by atoms with Crippen LogP contribution in [0.25, 0.3) is 0 Å². The number of nitrogens with one attached hydrogen (secondary N) is 1. The van der Waals surface area contributed by atoms with E-state index >= 15 is 0 Å². The first-order valence-electron chi connectivity index (χ1n) is 1.41. The number of nitrogens with two attached hydrogens (primary N) is 2. The topological polar surface area (TPSA) is 98.2 Å². The van der Waals surface area contributed by atoms with Crippen LogP contribution < -0.4 is 67.7 Å². The fraction of sp³-hybridized carbons (Fsp3) is 0. The minimum atomic E-state index is -2.11. The summed E-state index contributed by atoms with van der Waals surface area (Å²) >= 11 is 0. The van der Waals surface area contributed by atoms with Gasteiger partial charge < -0.3 is 7.16 Å². The van der Waals surface area contributed by atoms with Gasteiger partial charge in [0, 0.05) is 0 Å². The first-order chi connectivity index (χ1) is 3.13. The van der Waals surface area contributed by atoms with Crippen molar-refractivity contribution in [2.45, 2.75) is 0 Å². The van der Waals surface area contributed by atoms with Crippen LogP contribution in [0.2, 0.25) is 0 Å². The molecule has 0 spiro atoms. The van der Waals surface area contributed by atoms with Crippen LogP contribution in [0, 0.1) is 0 Å². The Kier molecular flexibility index (Phi) is 8.93. The average Bonchev–Trinajstić information content (AvgIpc) is 1.27. The van der Waals surface area contributed by atoms with Crippen molar-refractivity contribution in [3.8, 4) is 0 Å². The van der Waals surface area contributed by atoms with E-state index in [0.717, 1.165) is 0 Å². The molecule has 8 heavy (non-hydrogen) atoms. The van der Waals surface area contributed by atoms with Crippen LogP contribution in [-0.4, -0.2) is 6.03 Å². The van der Waals surface area contributed by atoms with Crippen LogP contribution in [0.15, 0.2) is 0 Å². The summed E-state index contributed by atoms with van der Waals surface area (Å²) in [6, 6.07) is -0.872. The smallest absolute Gasteiger partial charge is 1.00 e. The van der Waals surface area contributed by atoms with Gasteiger partial charge in [-0.15, -0.1) is 5.09 Å². The summed E-state index contributed by atoms with van der Waals surface area (Å²) in [6.07, 6.45) is 0. The molecule has 42 valence electrons. The maximum Gasteiger partial charge on any atom is 1.00 e. The Balaban J connectivity index is -0.000000180. The van der Waals surface area contributed by atoms with E-state index in [1.165, 1.54) is 0 Å². The molecule has 0 aliphatic heterocycles. The van der Waals surface area contributed by atoms with E-state index in [1.54, 1.807) is 5.09 Å². The van der Waals surface area contributed by atoms with Gasteiger partial charge in [0.1, 0.15) is 0 Å². The van der Waals surface area contributed by atoms with Crippen molar-refractivity contribution >= 4 is 14.1 Å². The molecule has 1 atom stereocenters. The third-order valence-electron chi connectivity index (χ3n) is 0.220. The quantitative estimate of drug-likeness (QED) is 0.274. The second-order valence-corrected chi connectivity index (χ2v) is 1.68. The van der Waals surface area contributed by atoms with Gasteiger partial charge in [0.2, 0.25) is 0 Å². The van der Waals surface area contributed by atoms with E-state index in [-0.39, 0.29) is 52.8 Å². The summed E-state index contributed by atoms with van der Waals surface area (Å²) in [5, 5.41) is 1.73. The molecule has 0 aliphatic carbocycles. The number of hydrogen-bond donors (Lipinski definition) is 3. The van der Waals surface area contributed by atoms with Gasteiger partial charge in [-0.05, 0) is 4.57 Å². The standard InChI is InChI=1S/CH4N3O2P.K.H/c2-1(5)4-7(3)6;;/h(H4-,2,3,4,5,6);;/q;+1;-1/p+1. The normalized spacial score (nSPS) is 8.88. The van der Waals surface area contributed by atoms with Gasteiger partial charge in [-0.25, -0.2) is 4.79 Å². The first kappa shape index (κ1) is 11.7. The Labute approximate surface area is 91.4 Å². The molecule has 0 saturated carbocycles. The fourth-order valence-corrected chi connectivity index (χ4v) is 0.326. The number of amides is 2.